The maximum atomic E-state index is 9.07. The Kier molecular flexibility index (Phi) is 4.13. The van der Waals surface area contributed by atoms with Gasteiger partial charge in [0.15, 0.2) is 0 Å². The Morgan fingerprint density at radius 1 is 1.47 bits per heavy atom. The number of hydrogen-bond acceptors (Lipinski definition) is 3. The standard InChI is InChI=1S/C14H19N3/c1-16-14-7-4-8-17(11-14)10-13-6-3-2-5-12(13)9-15/h2-3,5-6,14,16H,4,7-8,10-11H2,1H3/t14-/m1/s1. The Labute approximate surface area is 103 Å². The first-order valence-corrected chi connectivity index (χ1v) is 6.21. The fraction of sp³-hybridized carbons (Fsp3) is 0.500. The molecule has 3 nitrogen and oxygen atoms in total. The lowest BCUT2D eigenvalue weighted by atomic mass is 10.0. The molecule has 0 aromatic heterocycles. The predicted molar refractivity (Wildman–Crippen MR) is 68.5 cm³/mol. The molecule has 17 heavy (non-hydrogen) atoms. The summed E-state index contributed by atoms with van der Waals surface area (Å²) >= 11 is 0. The molecule has 0 bridgehead atoms. The van der Waals surface area contributed by atoms with Crippen LogP contribution in [0.1, 0.15) is 24.0 Å². The van der Waals surface area contributed by atoms with Crippen LogP contribution in [-0.2, 0) is 6.54 Å². The molecule has 1 aromatic rings. The molecule has 3 heteroatoms. The van der Waals surface area contributed by atoms with Gasteiger partial charge in [-0.05, 0) is 38.1 Å². The third-order valence-corrected chi connectivity index (χ3v) is 3.45. The lowest BCUT2D eigenvalue weighted by Gasteiger charge is -2.32. The third kappa shape index (κ3) is 3.06. The molecule has 2 rings (SSSR count). The van der Waals surface area contributed by atoms with E-state index in [1.54, 1.807) is 0 Å². The summed E-state index contributed by atoms with van der Waals surface area (Å²) in [4.78, 5) is 2.43. The lowest BCUT2D eigenvalue weighted by molar-refractivity contribution is 0.188. The monoisotopic (exact) mass is 229 g/mol. The highest BCUT2D eigenvalue weighted by atomic mass is 15.2. The van der Waals surface area contributed by atoms with Crippen LogP contribution in [0, 0.1) is 11.3 Å². The van der Waals surface area contributed by atoms with Crippen molar-refractivity contribution in [1.82, 2.24) is 10.2 Å². The van der Waals surface area contributed by atoms with Gasteiger partial charge in [-0.15, -0.1) is 0 Å². The van der Waals surface area contributed by atoms with Gasteiger partial charge in [-0.1, -0.05) is 18.2 Å². The summed E-state index contributed by atoms with van der Waals surface area (Å²) in [7, 11) is 2.03. The molecule has 0 radical (unpaired) electrons. The van der Waals surface area contributed by atoms with Gasteiger partial charge in [-0.2, -0.15) is 5.26 Å². The van der Waals surface area contributed by atoms with Gasteiger partial charge in [-0.25, -0.2) is 0 Å². The van der Waals surface area contributed by atoms with E-state index in [1.165, 1.54) is 12.8 Å². The average molecular weight is 229 g/mol. The molecule has 1 saturated heterocycles. The third-order valence-electron chi connectivity index (χ3n) is 3.45. The molecule has 1 fully saturated rings. The van der Waals surface area contributed by atoms with Gasteiger partial charge >= 0.3 is 0 Å². The van der Waals surface area contributed by atoms with Crippen LogP contribution in [-0.4, -0.2) is 31.1 Å². The van der Waals surface area contributed by atoms with Crippen molar-refractivity contribution in [2.45, 2.75) is 25.4 Å². The van der Waals surface area contributed by atoms with Crippen LogP contribution in [0.2, 0.25) is 0 Å². The van der Waals surface area contributed by atoms with Crippen molar-refractivity contribution in [3.63, 3.8) is 0 Å². The summed E-state index contributed by atoms with van der Waals surface area (Å²) in [6, 6.07) is 10.8. The van der Waals surface area contributed by atoms with Crippen LogP contribution < -0.4 is 5.32 Å². The molecule has 1 heterocycles. The maximum absolute atomic E-state index is 9.07. The van der Waals surface area contributed by atoms with Gasteiger partial charge in [0.1, 0.15) is 0 Å². The number of nitrogens with one attached hydrogen (secondary N) is 1. The number of benzene rings is 1. The van der Waals surface area contributed by atoms with E-state index in [0.29, 0.717) is 6.04 Å². The molecule has 0 aliphatic carbocycles. The number of hydrogen-bond donors (Lipinski definition) is 1. The molecular formula is C14H19N3. The molecule has 0 saturated carbocycles. The number of likely N-dealkylation sites (tertiary alicyclic amines) is 1. The molecule has 0 spiro atoms. The molecule has 1 atom stereocenters. The van der Waals surface area contributed by atoms with Crippen molar-refractivity contribution in [3.8, 4) is 6.07 Å². The molecule has 0 unspecified atom stereocenters. The summed E-state index contributed by atoms with van der Waals surface area (Å²) in [6.45, 7) is 3.11. The summed E-state index contributed by atoms with van der Waals surface area (Å²) < 4.78 is 0. The van der Waals surface area contributed by atoms with Crippen molar-refractivity contribution in [3.05, 3.63) is 35.4 Å². The van der Waals surface area contributed by atoms with Crippen LogP contribution in [0.4, 0.5) is 0 Å². The largest absolute Gasteiger partial charge is 0.316 e. The minimum absolute atomic E-state index is 0.595. The Balaban J connectivity index is 2.03. The normalized spacial score (nSPS) is 21.1. The van der Waals surface area contributed by atoms with E-state index in [9.17, 15) is 0 Å². The highest BCUT2D eigenvalue weighted by Crippen LogP contribution is 2.15. The SMILES string of the molecule is CN[C@@H]1CCCN(Cc2ccccc2C#N)C1. The van der Waals surface area contributed by atoms with Gasteiger partial charge < -0.3 is 5.32 Å². The Bertz CT molecular complexity index is 408. The molecule has 1 aliphatic heterocycles. The van der Waals surface area contributed by atoms with E-state index in [-0.39, 0.29) is 0 Å². The van der Waals surface area contributed by atoms with Gasteiger partial charge in [0.2, 0.25) is 0 Å². The zero-order valence-corrected chi connectivity index (χ0v) is 10.3. The number of piperidine rings is 1. The smallest absolute Gasteiger partial charge is 0.0995 e. The minimum atomic E-state index is 0.595. The van der Waals surface area contributed by atoms with E-state index < -0.39 is 0 Å². The van der Waals surface area contributed by atoms with Gasteiger partial charge in [0.05, 0.1) is 11.6 Å². The maximum Gasteiger partial charge on any atom is 0.0995 e. The lowest BCUT2D eigenvalue weighted by Crippen LogP contribution is -2.43. The van der Waals surface area contributed by atoms with Crippen LogP contribution in [0.3, 0.4) is 0 Å². The first-order valence-electron chi connectivity index (χ1n) is 6.21. The first-order chi connectivity index (χ1) is 8.33. The van der Waals surface area contributed by atoms with Crippen molar-refractivity contribution in [2.75, 3.05) is 20.1 Å². The second-order valence-electron chi connectivity index (χ2n) is 4.63. The fourth-order valence-electron chi connectivity index (χ4n) is 2.44. The Morgan fingerprint density at radius 2 is 2.29 bits per heavy atom. The van der Waals surface area contributed by atoms with Crippen molar-refractivity contribution < 1.29 is 0 Å². The van der Waals surface area contributed by atoms with Crippen LogP contribution in [0.5, 0.6) is 0 Å². The van der Waals surface area contributed by atoms with Gasteiger partial charge in [0.25, 0.3) is 0 Å². The van der Waals surface area contributed by atoms with E-state index >= 15 is 0 Å². The topological polar surface area (TPSA) is 39.1 Å². The molecular weight excluding hydrogens is 210 g/mol. The van der Waals surface area contributed by atoms with E-state index in [2.05, 4.69) is 22.4 Å². The number of nitrogens with zero attached hydrogens (tertiary/aromatic N) is 2. The molecule has 90 valence electrons. The first kappa shape index (κ1) is 12.1. The van der Waals surface area contributed by atoms with Gasteiger partial charge in [0, 0.05) is 19.1 Å². The van der Waals surface area contributed by atoms with Crippen LogP contribution in [0.15, 0.2) is 24.3 Å². The van der Waals surface area contributed by atoms with E-state index in [4.69, 9.17) is 5.26 Å². The molecule has 1 aliphatic rings. The zero-order chi connectivity index (χ0) is 12.1. The summed E-state index contributed by atoms with van der Waals surface area (Å²) in [5, 5.41) is 12.4. The summed E-state index contributed by atoms with van der Waals surface area (Å²) in [5.41, 5.74) is 1.95. The highest BCUT2D eigenvalue weighted by molar-refractivity contribution is 5.37. The van der Waals surface area contributed by atoms with E-state index in [1.807, 2.05) is 25.2 Å². The Morgan fingerprint density at radius 3 is 3.06 bits per heavy atom. The summed E-state index contributed by atoms with van der Waals surface area (Å²) in [5.74, 6) is 0. The number of likely N-dealkylation sites (N-methyl/N-ethyl adjacent to an activating group) is 1. The van der Waals surface area contributed by atoms with E-state index in [0.717, 1.165) is 30.8 Å². The second kappa shape index (κ2) is 5.81. The van der Waals surface area contributed by atoms with Crippen molar-refractivity contribution in [2.24, 2.45) is 0 Å². The zero-order valence-electron chi connectivity index (χ0n) is 10.3. The number of rotatable bonds is 3. The fourth-order valence-corrected chi connectivity index (χ4v) is 2.44. The molecule has 1 aromatic carbocycles. The molecule has 0 amide bonds. The van der Waals surface area contributed by atoms with Crippen LogP contribution in [0.25, 0.3) is 0 Å². The van der Waals surface area contributed by atoms with Crippen LogP contribution >= 0.6 is 0 Å². The highest BCUT2D eigenvalue weighted by Gasteiger charge is 2.18. The summed E-state index contributed by atoms with van der Waals surface area (Å²) in [6.07, 6.45) is 2.49. The van der Waals surface area contributed by atoms with Gasteiger partial charge in [-0.3, -0.25) is 4.90 Å². The Hall–Kier alpha value is -1.37. The number of nitriles is 1. The minimum Gasteiger partial charge on any atom is -0.316 e. The van der Waals surface area contributed by atoms with Crippen molar-refractivity contribution in [1.29, 1.82) is 5.26 Å². The predicted octanol–water partition coefficient (Wildman–Crippen LogP) is 1.74. The second-order valence-corrected chi connectivity index (χ2v) is 4.63. The average Bonchev–Trinajstić information content (AvgIpc) is 2.39. The van der Waals surface area contributed by atoms with Crippen molar-refractivity contribution >= 4 is 0 Å². The molecule has 1 N–H and O–H groups in total. The quantitative estimate of drug-likeness (QED) is 0.858.